The van der Waals surface area contributed by atoms with Gasteiger partial charge in [0.1, 0.15) is 11.6 Å². The maximum absolute atomic E-state index is 12.1. The Labute approximate surface area is 119 Å². The van der Waals surface area contributed by atoms with Crippen LogP contribution in [-0.4, -0.2) is 41.5 Å². The number of amides is 1. The summed E-state index contributed by atoms with van der Waals surface area (Å²) in [4.78, 5) is 24.1. The summed E-state index contributed by atoms with van der Waals surface area (Å²) < 4.78 is 0. The zero-order valence-electron chi connectivity index (χ0n) is 11.8. The van der Waals surface area contributed by atoms with Crippen LogP contribution in [0.3, 0.4) is 0 Å². The van der Waals surface area contributed by atoms with E-state index in [0.29, 0.717) is 32.0 Å². The van der Waals surface area contributed by atoms with Gasteiger partial charge in [-0.05, 0) is 25.2 Å². The van der Waals surface area contributed by atoms with Crippen LogP contribution in [0.2, 0.25) is 0 Å². The van der Waals surface area contributed by atoms with E-state index in [1.54, 1.807) is 4.90 Å². The first-order valence-electron chi connectivity index (χ1n) is 6.89. The molecule has 0 atom stereocenters. The van der Waals surface area contributed by atoms with Crippen molar-refractivity contribution in [1.82, 2.24) is 10.2 Å². The highest BCUT2D eigenvalue weighted by Crippen LogP contribution is 2.17. The van der Waals surface area contributed by atoms with Crippen LogP contribution < -0.4 is 5.32 Å². The molecule has 1 saturated heterocycles. The number of likely N-dealkylation sites (tertiary alicyclic amines) is 1. The number of rotatable bonds is 6. The number of piperidine rings is 1. The van der Waals surface area contributed by atoms with Gasteiger partial charge >= 0.3 is 5.97 Å². The van der Waals surface area contributed by atoms with Crippen molar-refractivity contribution in [2.75, 3.05) is 19.6 Å². The molecule has 0 bridgehead atoms. The Kier molecular flexibility index (Phi) is 6.57. The molecule has 1 fully saturated rings. The number of carbonyl (C=O) groups excluding carboxylic acids is 1. The van der Waals surface area contributed by atoms with E-state index in [2.05, 4.69) is 12.2 Å². The predicted molar refractivity (Wildman–Crippen MR) is 73.5 cm³/mol. The summed E-state index contributed by atoms with van der Waals surface area (Å²) >= 11 is 0. The Hall–Kier alpha value is -2.03. The minimum Gasteiger partial charge on any atom is -0.481 e. The van der Waals surface area contributed by atoms with Crippen molar-refractivity contribution < 1.29 is 14.7 Å². The number of carboxylic acid groups (broad SMARTS) is 1. The number of carbonyl (C=O) groups is 2. The molecule has 0 aromatic heterocycles. The third kappa shape index (κ3) is 5.31. The smallest absolute Gasteiger partial charge is 0.303 e. The van der Waals surface area contributed by atoms with Crippen molar-refractivity contribution in [2.24, 2.45) is 5.92 Å². The molecular weight excluding hydrogens is 258 g/mol. The molecule has 0 aromatic rings. The number of nitrogens with zero attached hydrogens (tertiary/aromatic N) is 2. The highest BCUT2D eigenvalue weighted by molar-refractivity contribution is 5.97. The van der Waals surface area contributed by atoms with E-state index in [1.807, 2.05) is 6.07 Å². The Morgan fingerprint density at radius 1 is 1.45 bits per heavy atom. The molecule has 0 radical (unpaired) electrons. The molecule has 0 aliphatic carbocycles. The zero-order chi connectivity index (χ0) is 15.0. The Balaban J connectivity index is 2.42. The first-order chi connectivity index (χ1) is 9.54. The van der Waals surface area contributed by atoms with Gasteiger partial charge in [0.25, 0.3) is 5.91 Å². The van der Waals surface area contributed by atoms with Gasteiger partial charge in [-0.2, -0.15) is 5.26 Å². The highest BCUT2D eigenvalue weighted by Gasteiger charge is 2.22. The Morgan fingerprint density at radius 2 is 2.10 bits per heavy atom. The average molecular weight is 279 g/mol. The van der Waals surface area contributed by atoms with Crippen LogP contribution in [0.15, 0.2) is 11.8 Å². The van der Waals surface area contributed by atoms with Gasteiger partial charge < -0.3 is 15.3 Å². The van der Waals surface area contributed by atoms with Crippen LogP contribution >= 0.6 is 0 Å². The van der Waals surface area contributed by atoms with Crippen molar-refractivity contribution in [3.8, 4) is 6.07 Å². The van der Waals surface area contributed by atoms with Crippen molar-refractivity contribution in [2.45, 2.75) is 32.6 Å². The van der Waals surface area contributed by atoms with Gasteiger partial charge in [-0.3, -0.25) is 9.59 Å². The van der Waals surface area contributed by atoms with Gasteiger partial charge in [-0.1, -0.05) is 6.92 Å². The fraction of sp³-hybridized carbons (Fsp3) is 0.643. The van der Waals surface area contributed by atoms with Crippen molar-refractivity contribution in [3.05, 3.63) is 11.8 Å². The number of hydrogen-bond acceptors (Lipinski definition) is 4. The normalized spacial score (nSPS) is 16.6. The summed E-state index contributed by atoms with van der Waals surface area (Å²) in [6, 6.07) is 1.90. The van der Waals surface area contributed by atoms with Gasteiger partial charge in [0.15, 0.2) is 0 Å². The lowest BCUT2D eigenvalue weighted by molar-refractivity contribution is -0.137. The predicted octanol–water partition coefficient (Wildman–Crippen LogP) is 1.11. The molecule has 20 heavy (non-hydrogen) atoms. The summed E-state index contributed by atoms with van der Waals surface area (Å²) in [5, 5.41) is 20.3. The van der Waals surface area contributed by atoms with Crippen LogP contribution in [0.5, 0.6) is 0 Å². The van der Waals surface area contributed by atoms with Crippen LogP contribution in [0.4, 0.5) is 0 Å². The van der Waals surface area contributed by atoms with Crippen molar-refractivity contribution in [1.29, 1.82) is 5.26 Å². The number of aliphatic carboxylic acids is 1. The lowest BCUT2D eigenvalue weighted by atomic mass is 9.99. The zero-order valence-corrected chi connectivity index (χ0v) is 11.8. The van der Waals surface area contributed by atoms with E-state index < -0.39 is 5.97 Å². The Morgan fingerprint density at radius 3 is 2.65 bits per heavy atom. The van der Waals surface area contributed by atoms with E-state index >= 15 is 0 Å². The number of nitrogens with one attached hydrogen (secondary N) is 1. The molecule has 0 unspecified atom stereocenters. The molecule has 0 saturated carbocycles. The number of hydrogen-bond donors (Lipinski definition) is 2. The first kappa shape index (κ1) is 16.0. The Bertz CT molecular complexity index is 418. The summed E-state index contributed by atoms with van der Waals surface area (Å²) in [5.74, 6) is -0.470. The monoisotopic (exact) mass is 279 g/mol. The van der Waals surface area contributed by atoms with Gasteiger partial charge in [0.2, 0.25) is 0 Å². The average Bonchev–Trinajstić information content (AvgIpc) is 2.42. The van der Waals surface area contributed by atoms with Gasteiger partial charge in [-0.15, -0.1) is 0 Å². The summed E-state index contributed by atoms with van der Waals surface area (Å²) in [6.07, 6.45) is 3.86. The molecule has 6 nitrogen and oxygen atoms in total. The SMILES string of the molecule is CC1CCN(C(=O)/C(C#N)=C\NCCCC(=O)O)CC1. The standard InChI is InChI=1S/C14H21N3O3/c1-11-4-7-17(8-5-11)14(20)12(9-15)10-16-6-2-3-13(18)19/h10-11,16H,2-8H2,1H3,(H,18,19)/b12-10-. The largest absolute Gasteiger partial charge is 0.481 e. The second kappa shape index (κ2) is 8.20. The lowest BCUT2D eigenvalue weighted by Gasteiger charge is -2.30. The van der Waals surface area contributed by atoms with E-state index in [9.17, 15) is 9.59 Å². The number of nitriles is 1. The molecule has 1 heterocycles. The first-order valence-corrected chi connectivity index (χ1v) is 6.89. The third-order valence-electron chi connectivity index (χ3n) is 3.38. The van der Waals surface area contributed by atoms with Crippen molar-refractivity contribution >= 4 is 11.9 Å². The van der Waals surface area contributed by atoms with E-state index in [0.717, 1.165) is 12.8 Å². The quantitative estimate of drug-likeness (QED) is 0.431. The summed E-state index contributed by atoms with van der Waals surface area (Å²) in [6.45, 7) is 3.98. The van der Waals surface area contributed by atoms with Gasteiger partial charge in [0.05, 0.1) is 0 Å². The molecule has 1 amide bonds. The molecule has 1 aliphatic heterocycles. The van der Waals surface area contributed by atoms with Crippen LogP contribution in [0.25, 0.3) is 0 Å². The molecule has 6 heteroatoms. The molecule has 1 rings (SSSR count). The molecule has 2 N–H and O–H groups in total. The van der Waals surface area contributed by atoms with Crippen LogP contribution in [0.1, 0.15) is 32.6 Å². The third-order valence-corrected chi connectivity index (χ3v) is 3.38. The summed E-state index contributed by atoms with van der Waals surface area (Å²) in [5.41, 5.74) is 0.0786. The minimum absolute atomic E-state index is 0.0701. The summed E-state index contributed by atoms with van der Waals surface area (Å²) in [7, 11) is 0. The second-order valence-corrected chi connectivity index (χ2v) is 5.10. The van der Waals surface area contributed by atoms with E-state index in [-0.39, 0.29) is 17.9 Å². The maximum atomic E-state index is 12.1. The molecule has 1 aliphatic rings. The van der Waals surface area contributed by atoms with Gasteiger partial charge in [0, 0.05) is 32.3 Å². The van der Waals surface area contributed by atoms with E-state index in [1.165, 1.54) is 6.20 Å². The fourth-order valence-corrected chi connectivity index (χ4v) is 2.04. The molecule has 110 valence electrons. The molecular formula is C14H21N3O3. The second-order valence-electron chi connectivity index (χ2n) is 5.10. The topological polar surface area (TPSA) is 93.4 Å². The van der Waals surface area contributed by atoms with Gasteiger partial charge in [-0.25, -0.2) is 0 Å². The van der Waals surface area contributed by atoms with Crippen molar-refractivity contribution in [3.63, 3.8) is 0 Å². The molecule has 0 aromatic carbocycles. The van der Waals surface area contributed by atoms with E-state index in [4.69, 9.17) is 10.4 Å². The molecule has 0 spiro atoms. The van der Waals surface area contributed by atoms with Crippen LogP contribution in [0, 0.1) is 17.2 Å². The lowest BCUT2D eigenvalue weighted by Crippen LogP contribution is -2.38. The maximum Gasteiger partial charge on any atom is 0.303 e. The van der Waals surface area contributed by atoms with Crippen LogP contribution in [-0.2, 0) is 9.59 Å². The minimum atomic E-state index is -0.852. The highest BCUT2D eigenvalue weighted by atomic mass is 16.4. The number of carboxylic acids is 1. The fourth-order valence-electron chi connectivity index (χ4n) is 2.04.